The van der Waals surface area contributed by atoms with Gasteiger partial charge in [-0.3, -0.25) is 0 Å². The van der Waals surface area contributed by atoms with E-state index >= 15 is 0 Å². The maximum Gasteiger partial charge on any atom is 0.139 e. The molecule has 1 saturated heterocycles. The fourth-order valence-electron chi connectivity index (χ4n) is 4.14. The summed E-state index contributed by atoms with van der Waals surface area (Å²) in [4.78, 5) is 3.33. The molecule has 0 unspecified atom stereocenters. The van der Waals surface area contributed by atoms with Crippen LogP contribution in [0.1, 0.15) is 56.4 Å². The molecule has 0 saturated carbocycles. The molecule has 2 heterocycles. The number of hydrogen-bond acceptors (Lipinski definition) is 4. The minimum Gasteiger partial charge on any atom is -0.508 e. The molecule has 0 amide bonds. The van der Waals surface area contributed by atoms with E-state index in [0.29, 0.717) is 17.0 Å². The van der Waals surface area contributed by atoms with E-state index in [-0.39, 0.29) is 29.8 Å². The number of benzene rings is 2. The molecule has 0 spiro atoms. The molecule has 1 fully saturated rings. The maximum atomic E-state index is 10.6. The molecule has 27 heavy (non-hydrogen) atoms. The summed E-state index contributed by atoms with van der Waals surface area (Å²) in [7, 11) is 0. The van der Waals surface area contributed by atoms with Gasteiger partial charge in [-0.2, -0.15) is 0 Å². The number of phenols is 2. The van der Waals surface area contributed by atoms with Crippen LogP contribution in [0.4, 0.5) is 0 Å². The number of rotatable bonds is 5. The van der Waals surface area contributed by atoms with Crippen LogP contribution in [0.25, 0.3) is 21.8 Å². The molecule has 1 aliphatic rings. The lowest BCUT2D eigenvalue weighted by Gasteiger charge is -2.12. The fraction of sp³-hybridized carbons (Fsp3) is 0.455. The third kappa shape index (κ3) is 2.77. The average Bonchev–Trinajstić information content (AvgIpc) is 3.13. The third-order valence-electron chi connectivity index (χ3n) is 5.93. The predicted molar refractivity (Wildman–Crippen MR) is 106 cm³/mol. The molecule has 0 aliphatic carbocycles. The number of H-pyrrole nitrogens is 1. The van der Waals surface area contributed by atoms with Gasteiger partial charge in [0.1, 0.15) is 17.6 Å². The number of nitrogens with one attached hydrogen (secondary N) is 1. The maximum absolute atomic E-state index is 10.6. The second-order valence-corrected chi connectivity index (χ2v) is 8.38. The molecule has 1 aliphatic heterocycles. The van der Waals surface area contributed by atoms with Crippen molar-refractivity contribution in [3.05, 3.63) is 34.9 Å². The lowest BCUT2D eigenvalue weighted by molar-refractivity contribution is 0.283. The lowest BCUT2D eigenvalue weighted by Crippen LogP contribution is -2.09. The van der Waals surface area contributed by atoms with Gasteiger partial charge in [0.25, 0.3) is 0 Å². The first kappa shape index (κ1) is 18.1. The molecular formula is C22H27NO4. The molecule has 4 N–H and O–H groups in total. The largest absolute Gasteiger partial charge is 0.508 e. The zero-order valence-corrected chi connectivity index (χ0v) is 16.3. The Morgan fingerprint density at radius 2 is 1.93 bits per heavy atom. The van der Waals surface area contributed by atoms with Crippen LogP contribution < -0.4 is 0 Å². The Morgan fingerprint density at radius 3 is 2.59 bits per heavy atom. The van der Waals surface area contributed by atoms with Gasteiger partial charge in [-0.25, -0.2) is 0 Å². The van der Waals surface area contributed by atoms with Crippen LogP contribution in [-0.4, -0.2) is 25.9 Å². The number of hydrogen-bond donors (Lipinski definition) is 4. The minimum atomic E-state index is -0.241. The smallest absolute Gasteiger partial charge is 0.139 e. The fourth-order valence-corrected chi connectivity index (χ4v) is 4.14. The van der Waals surface area contributed by atoms with Crippen LogP contribution in [0.2, 0.25) is 0 Å². The Balaban J connectivity index is 1.93. The summed E-state index contributed by atoms with van der Waals surface area (Å²) in [6.45, 7) is 8.28. The van der Waals surface area contributed by atoms with Crippen LogP contribution in [0.5, 0.6) is 11.5 Å². The van der Waals surface area contributed by atoms with E-state index in [4.69, 9.17) is 4.74 Å². The highest BCUT2D eigenvalue weighted by molar-refractivity contribution is 6.12. The quantitative estimate of drug-likeness (QED) is 0.486. The molecule has 4 rings (SSSR count). The first-order chi connectivity index (χ1) is 12.8. The number of aliphatic hydroxyl groups excluding tert-OH is 1. The minimum absolute atomic E-state index is 0.0985. The van der Waals surface area contributed by atoms with Gasteiger partial charge in [-0.1, -0.05) is 19.9 Å². The van der Waals surface area contributed by atoms with E-state index in [2.05, 4.69) is 25.8 Å². The molecule has 1 aromatic heterocycles. The van der Waals surface area contributed by atoms with Crippen molar-refractivity contribution in [1.29, 1.82) is 0 Å². The van der Waals surface area contributed by atoms with Crippen molar-refractivity contribution >= 4 is 21.8 Å². The summed E-state index contributed by atoms with van der Waals surface area (Å²) >= 11 is 0. The number of ether oxygens (including phenoxy) is 1. The second-order valence-electron chi connectivity index (χ2n) is 8.38. The summed E-state index contributed by atoms with van der Waals surface area (Å²) in [5.74, 6) is 0.933. The van der Waals surface area contributed by atoms with Crippen LogP contribution in [-0.2, 0) is 11.3 Å². The molecule has 0 bridgehead atoms. The van der Waals surface area contributed by atoms with Crippen molar-refractivity contribution in [3.63, 3.8) is 0 Å². The van der Waals surface area contributed by atoms with Crippen molar-refractivity contribution in [2.45, 2.75) is 58.8 Å². The summed E-state index contributed by atoms with van der Waals surface area (Å²) < 4.78 is 6.12. The van der Waals surface area contributed by atoms with E-state index in [0.717, 1.165) is 40.3 Å². The van der Waals surface area contributed by atoms with E-state index in [9.17, 15) is 15.3 Å². The van der Waals surface area contributed by atoms with Gasteiger partial charge in [0, 0.05) is 16.3 Å². The van der Waals surface area contributed by atoms with Crippen molar-refractivity contribution in [3.8, 4) is 11.5 Å². The standard InChI is InChI=1S/C22H27NO4/c1-11(2)7-8-22(4)21(27-22)17-12(3)16(26)9-14-18-13(10-24)5-6-15(25)20(18)23-19(14)17/h5-6,9,11,21,23-26H,7-8,10H2,1-4H3/t21-,22+/m1/s1. The topological polar surface area (TPSA) is 89.0 Å². The van der Waals surface area contributed by atoms with Crippen LogP contribution in [0, 0.1) is 12.8 Å². The summed E-state index contributed by atoms with van der Waals surface area (Å²) in [6, 6.07) is 5.00. The Bertz CT molecular complexity index is 1040. The molecule has 3 aromatic rings. The highest BCUT2D eigenvalue weighted by Crippen LogP contribution is 2.56. The zero-order valence-electron chi connectivity index (χ0n) is 16.3. The van der Waals surface area contributed by atoms with Gasteiger partial charge in [0.2, 0.25) is 0 Å². The van der Waals surface area contributed by atoms with E-state index in [1.807, 2.05) is 6.92 Å². The number of aliphatic hydroxyl groups is 1. The molecule has 2 aromatic carbocycles. The first-order valence-electron chi connectivity index (χ1n) is 9.54. The van der Waals surface area contributed by atoms with E-state index < -0.39 is 0 Å². The lowest BCUT2D eigenvalue weighted by atomic mass is 9.90. The van der Waals surface area contributed by atoms with Gasteiger partial charge in [0.15, 0.2) is 0 Å². The number of fused-ring (bicyclic) bond motifs is 3. The zero-order chi connectivity index (χ0) is 19.5. The number of aromatic nitrogens is 1. The van der Waals surface area contributed by atoms with Crippen molar-refractivity contribution in [2.75, 3.05) is 0 Å². The summed E-state index contributed by atoms with van der Waals surface area (Å²) in [6.07, 6.45) is 1.94. The monoisotopic (exact) mass is 369 g/mol. The third-order valence-corrected chi connectivity index (χ3v) is 5.93. The summed E-state index contributed by atoms with van der Waals surface area (Å²) in [5, 5.41) is 32.2. The first-order valence-corrected chi connectivity index (χ1v) is 9.54. The Hall–Kier alpha value is -2.24. The molecule has 144 valence electrons. The molecular weight excluding hydrogens is 342 g/mol. The SMILES string of the molecule is Cc1c(O)cc2c([nH]c3c(O)ccc(CO)c32)c1[C@H]1O[C@@]1(C)CCC(C)C. The van der Waals surface area contributed by atoms with Crippen molar-refractivity contribution < 1.29 is 20.1 Å². The molecule has 5 heteroatoms. The van der Waals surface area contributed by atoms with Gasteiger partial charge < -0.3 is 25.0 Å². The molecule has 5 nitrogen and oxygen atoms in total. The Labute approximate surface area is 158 Å². The van der Waals surface area contributed by atoms with Crippen molar-refractivity contribution in [2.24, 2.45) is 5.92 Å². The van der Waals surface area contributed by atoms with Crippen LogP contribution in [0.15, 0.2) is 18.2 Å². The average molecular weight is 369 g/mol. The number of epoxide rings is 1. The predicted octanol–water partition coefficient (Wildman–Crippen LogP) is 4.80. The van der Waals surface area contributed by atoms with Gasteiger partial charge >= 0.3 is 0 Å². The Morgan fingerprint density at radius 1 is 1.19 bits per heavy atom. The summed E-state index contributed by atoms with van der Waals surface area (Å²) in [5.41, 5.74) is 3.63. The highest BCUT2D eigenvalue weighted by Gasteiger charge is 2.54. The Kier molecular flexibility index (Phi) is 4.13. The molecule has 2 atom stereocenters. The van der Waals surface area contributed by atoms with Gasteiger partial charge in [-0.15, -0.1) is 0 Å². The van der Waals surface area contributed by atoms with Gasteiger partial charge in [0.05, 0.1) is 23.2 Å². The molecule has 0 radical (unpaired) electrons. The van der Waals surface area contributed by atoms with Crippen LogP contribution in [0.3, 0.4) is 0 Å². The number of aromatic hydroxyl groups is 2. The van der Waals surface area contributed by atoms with Crippen molar-refractivity contribution in [1.82, 2.24) is 4.98 Å². The normalized spacial score (nSPS) is 22.2. The van der Waals surface area contributed by atoms with Crippen LogP contribution >= 0.6 is 0 Å². The number of aromatic amines is 1. The second kappa shape index (κ2) is 6.14. The highest BCUT2D eigenvalue weighted by atomic mass is 16.6. The van der Waals surface area contributed by atoms with E-state index in [1.165, 1.54) is 0 Å². The van der Waals surface area contributed by atoms with Gasteiger partial charge in [-0.05, 0) is 55.9 Å². The van der Waals surface area contributed by atoms with E-state index in [1.54, 1.807) is 18.2 Å². The number of phenolic OH excluding ortho intramolecular Hbond substituents is 2.